The van der Waals surface area contributed by atoms with Crippen molar-refractivity contribution >= 4 is 33.2 Å². The zero-order chi connectivity index (χ0) is 12.6. The maximum absolute atomic E-state index is 11.2. The van der Waals surface area contributed by atoms with E-state index >= 15 is 0 Å². The Bertz CT molecular complexity index is 567. The highest BCUT2D eigenvalue weighted by atomic mass is 79.9. The standard InChI is InChI=1S/C13H11BrO2S/c1-7-3-8(2)5-9(4-7)10-6-17-12(14)11(10)13(15)16/h3-6H,1-2H3,(H,15,16). The number of carboxylic acid groups (broad SMARTS) is 1. The maximum Gasteiger partial charge on any atom is 0.338 e. The zero-order valence-electron chi connectivity index (χ0n) is 9.45. The number of carbonyl (C=O) groups is 1. The van der Waals surface area contributed by atoms with Crippen LogP contribution in [0.25, 0.3) is 11.1 Å². The third-order valence-corrected chi connectivity index (χ3v) is 4.21. The molecule has 2 aromatic rings. The van der Waals surface area contributed by atoms with Gasteiger partial charge in [-0.1, -0.05) is 29.3 Å². The van der Waals surface area contributed by atoms with Gasteiger partial charge in [-0.05, 0) is 35.3 Å². The van der Waals surface area contributed by atoms with Crippen LogP contribution in [0.1, 0.15) is 21.5 Å². The molecule has 0 spiro atoms. The molecule has 88 valence electrons. The molecule has 0 atom stereocenters. The van der Waals surface area contributed by atoms with Crippen molar-refractivity contribution in [2.45, 2.75) is 13.8 Å². The van der Waals surface area contributed by atoms with E-state index in [4.69, 9.17) is 0 Å². The van der Waals surface area contributed by atoms with Gasteiger partial charge in [0, 0.05) is 10.9 Å². The third kappa shape index (κ3) is 2.42. The maximum atomic E-state index is 11.2. The summed E-state index contributed by atoms with van der Waals surface area (Å²) in [7, 11) is 0. The largest absolute Gasteiger partial charge is 0.478 e. The number of aromatic carboxylic acids is 1. The van der Waals surface area contributed by atoms with Crippen LogP contribution in [0.4, 0.5) is 0 Å². The second-order valence-electron chi connectivity index (χ2n) is 3.98. The first-order chi connectivity index (χ1) is 7.99. The van der Waals surface area contributed by atoms with Crippen molar-refractivity contribution in [1.82, 2.24) is 0 Å². The summed E-state index contributed by atoms with van der Waals surface area (Å²) in [6, 6.07) is 6.09. The summed E-state index contributed by atoms with van der Waals surface area (Å²) in [5, 5.41) is 11.1. The van der Waals surface area contributed by atoms with Gasteiger partial charge in [0.1, 0.15) is 0 Å². The number of hydrogen-bond donors (Lipinski definition) is 1. The van der Waals surface area contributed by atoms with Crippen molar-refractivity contribution in [3.05, 3.63) is 44.1 Å². The van der Waals surface area contributed by atoms with E-state index in [0.717, 1.165) is 22.3 Å². The number of halogens is 1. The van der Waals surface area contributed by atoms with Crippen LogP contribution in [-0.4, -0.2) is 11.1 Å². The minimum absolute atomic E-state index is 0.347. The van der Waals surface area contributed by atoms with Gasteiger partial charge in [0.05, 0.1) is 9.35 Å². The first-order valence-corrected chi connectivity index (χ1v) is 6.75. The predicted octanol–water partition coefficient (Wildman–Crippen LogP) is 4.49. The smallest absolute Gasteiger partial charge is 0.338 e. The molecule has 17 heavy (non-hydrogen) atoms. The van der Waals surface area contributed by atoms with Gasteiger partial charge in [0.25, 0.3) is 0 Å². The van der Waals surface area contributed by atoms with Gasteiger partial charge < -0.3 is 5.11 Å². The number of benzene rings is 1. The molecule has 0 unspecified atom stereocenters. The fraction of sp³-hybridized carbons (Fsp3) is 0.154. The Morgan fingerprint density at radius 3 is 2.35 bits per heavy atom. The Hall–Kier alpha value is -1.13. The summed E-state index contributed by atoms with van der Waals surface area (Å²) in [6.07, 6.45) is 0. The number of hydrogen-bond acceptors (Lipinski definition) is 2. The first-order valence-electron chi connectivity index (χ1n) is 5.08. The van der Waals surface area contributed by atoms with E-state index in [1.165, 1.54) is 11.3 Å². The lowest BCUT2D eigenvalue weighted by Crippen LogP contribution is -1.97. The minimum atomic E-state index is -0.896. The Morgan fingerprint density at radius 1 is 1.24 bits per heavy atom. The Labute approximate surface area is 112 Å². The molecule has 0 fully saturated rings. The zero-order valence-corrected chi connectivity index (χ0v) is 11.9. The van der Waals surface area contributed by atoms with Crippen LogP contribution in [-0.2, 0) is 0 Å². The van der Waals surface area contributed by atoms with Crippen LogP contribution in [0, 0.1) is 13.8 Å². The molecule has 1 heterocycles. The highest BCUT2D eigenvalue weighted by Crippen LogP contribution is 2.35. The molecule has 0 saturated carbocycles. The van der Waals surface area contributed by atoms with Crippen LogP contribution >= 0.6 is 27.3 Å². The van der Waals surface area contributed by atoms with E-state index in [1.807, 2.05) is 31.4 Å². The van der Waals surface area contributed by atoms with Crippen molar-refractivity contribution in [3.8, 4) is 11.1 Å². The second kappa shape index (κ2) is 4.63. The lowest BCUT2D eigenvalue weighted by atomic mass is 10.0. The molecule has 2 nitrogen and oxygen atoms in total. The molecule has 0 amide bonds. The normalized spacial score (nSPS) is 10.5. The van der Waals surface area contributed by atoms with Gasteiger partial charge in [0.2, 0.25) is 0 Å². The van der Waals surface area contributed by atoms with Gasteiger partial charge >= 0.3 is 5.97 Å². The number of thiophene rings is 1. The molecule has 1 aromatic carbocycles. The summed E-state index contributed by atoms with van der Waals surface area (Å²) in [6.45, 7) is 4.02. The molecular weight excluding hydrogens is 300 g/mol. The highest BCUT2D eigenvalue weighted by Gasteiger charge is 2.18. The van der Waals surface area contributed by atoms with Gasteiger partial charge in [-0.2, -0.15) is 0 Å². The van der Waals surface area contributed by atoms with E-state index < -0.39 is 5.97 Å². The molecule has 4 heteroatoms. The van der Waals surface area contributed by atoms with Crippen LogP contribution in [0.5, 0.6) is 0 Å². The Kier molecular flexibility index (Phi) is 3.35. The number of rotatable bonds is 2. The average molecular weight is 311 g/mol. The molecule has 0 radical (unpaired) electrons. The molecule has 0 aliphatic rings. The molecule has 2 rings (SSSR count). The monoisotopic (exact) mass is 310 g/mol. The van der Waals surface area contributed by atoms with E-state index in [2.05, 4.69) is 22.0 Å². The van der Waals surface area contributed by atoms with Crippen LogP contribution in [0.2, 0.25) is 0 Å². The summed E-state index contributed by atoms with van der Waals surface area (Å²) in [4.78, 5) is 11.2. The lowest BCUT2D eigenvalue weighted by molar-refractivity contribution is 0.0697. The van der Waals surface area contributed by atoms with Gasteiger partial charge in [-0.3, -0.25) is 0 Å². The summed E-state index contributed by atoms with van der Waals surface area (Å²) in [5.41, 5.74) is 4.36. The van der Waals surface area contributed by atoms with Crippen molar-refractivity contribution < 1.29 is 9.90 Å². The minimum Gasteiger partial charge on any atom is -0.478 e. The van der Waals surface area contributed by atoms with Gasteiger partial charge in [-0.25, -0.2) is 4.79 Å². The first kappa shape index (κ1) is 12.3. The van der Waals surface area contributed by atoms with Crippen molar-refractivity contribution in [2.75, 3.05) is 0 Å². The molecule has 1 aromatic heterocycles. The fourth-order valence-electron chi connectivity index (χ4n) is 1.88. The van der Waals surface area contributed by atoms with Crippen LogP contribution in [0.3, 0.4) is 0 Å². The lowest BCUT2D eigenvalue weighted by Gasteiger charge is -2.05. The summed E-state index contributed by atoms with van der Waals surface area (Å²) >= 11 is 4.69. The molecule has 0 aliphatic heterocycles. The van der Waals surface area contributed by atoms with Gasteiger partial charge in [-0.15, -0.1) is 11.3 Å². The molecular formula is C13H11BrO2S. The van der Waals surface area contributed by atoms with Gasteiger partial charge in [0.15, 0.2) is 0 Å². The SMILES string of the molecule is Cc1cc(C)cc(-c2csc(Br)c2C(=O)O)c1. The fourth-order valence-corrected chi connectivity index (χ4v) is 3.33. The topological polar surface area (TPSA) is 37.3 Å². The van der Waals surface area contributed by atoms with Crippen molar-refractivity contribution in [1.29, 1.82) is 0 Å². The Morgan fingerprint density at radius 2 is 1.82 bits per heavy atom. The Balaban J connectivity index is 2.64. The third-order valence-electron chi connectivity index (χ3n) is 2.49. The summed E-state index contributed by atoms with van der Waals surface area (Å²) < 4.78 is 0.666. The van der Waals surface area contributed by atoms with E-state index in [-0.39, 0.29) is 0 Å². The molecule has 0 saturated heterocycles. The second-order valence-corrected chi connectivity index (χ2v) is 6.18. The van der Waals surface area contributed by atoms with Crippen molar-refractivity contribution in [2.24, 2.45) is 0 Å². The predicted molar refractivity (Wildman–Crippen MR) is 73.9 cm³/mol. The molecule has 0 bridgehead atoms. The van der Waals surface area contributed by atoms with E-state index in [0.29, 0.717) is 9.35 Å². The summed E-state index contributed by atoms with van der Waals surface area (Å²) in [5.74, 6) is -0.896. The van der Waals surface area contributed by atoms with E-state index in [1.54, 1.807) is 0 Å². The van der Waals surface area contributed by atoms with E-state index in [9.17, 15) is 9.90 Å². The van der Waals surface area contributed by atoms with Crippen LogP contribution < -0.4 is 0 Å². The van der Waals surface area contributed by atoms with Crippen molar-refractivity contribution in [3.63, 3.8) is 0 Å². The molecule has 1 N–H and O–H groups in total. The number of aryl methyl sites for hydroxylation is 2. The number of carboxylic acids is 1. The molecule has 0 aliphatic carbocycles. The van der Waals surface area contributed by atoms with Crippen LogP contribution in [0.15, 0.2) is 27.4 Å². The highest BCUT2D eigenvalue weighted by molar-refractivity contribution is 9.11. The average Bonchev–Trinajstić information content (AvgIpc) is 2.58. The quantitative estimate of drug-likeness (QED) is 0.887.